The number of anilines is 1. The van der Waals surface area contributed by atoms with Crippen LogP contribution in [0.15, 0.2) is 48.5 Å². The SMILES string of the molecule is Cc1ccccc1OCc1ccccc1NC(N)=O. The standard InChI is InChI=1S/C15H16N2O2/c1-11-6-2-5-9-14(11)19-10-12-7-3-4-8-13(12)17-15(16)18/h2-9H,10H2,1H3,(H3,16,17,18). The average Bonchev–Trinajstić information content (AvgIpc) is 2.39. The predicted molar refractivity (Wildman–Crippen MR) is 75.2 cm³/mol. The van der Waals surface area contributed by atoms with Crippen LogP contribution in [-0.2, 0) is 6.61 Å². The Kier molecular flexibility index (Phi) is 4.03. The molecule has 0 fully saturated rings. The van der Waals surface area contributed by atoms with Gasteiger partial charge >= 0.3 is 6.03 Å². The summed E-state index contributed by atoms with van der Waals surface area (Å²) in [5.41, 5.74) is 7.76. The summed E-state index contributed by atoms with van der Waals surface area (Å²) in [4.78, 5) is 10.9. The van der Waals surface area contributed by atoms with Gasteiger partial charge < -0.3 is 15.8 Å². The van der Waals surface area contributed by atoms with Gasteiger partial charge in [-0.2, -0.15) is 0 Å². The summed E-state index contributed by atoms with van der Waals surface area (Å²) >= 11 is 0. The molecule has 98 valence electrons. The van der Waals surface area contributed by atoms with Gasteiger partial charge in [0.05, 0.1) is 0 Å². The predicted octanol–water partition coefficient (Wildman–Crippen LogP) is 3.06. The van der Waals surface area contributed by atoms with Crippen LogP contribution in [0.2, 0.25) is 0 Å². The van der Waals surface area contributed by atoms with Crippen molar-refractivity contribution in [2.75, 3.05) is 5.32 Å². The van der Waals surface area contributed by atoms with E-state index in [1.165, 1.54) is 0 Å². The number of nitrogens with two attached hydrogens (primary N) is 1. The van der Waals surface area contributed by atoms with Crippen LogP contribution >= 0.6 is 0 Å². The van der Waals surface area contributed by atoms with Gasteiger partial charge in [-0.1, -0.05) is 36.4 Å². The van der Waals surface area contributed by atoms with Crippen molar-refractivity contribution in [3.63, 3.8) is 0 Å². The van der Waals surface area contributed by atoms with Gasteiger partial charge in [0, 0.05) is 11.3 Å². The maximum absolute atomic E-state index is 10.9. The third-order valence-corrected chi connectivity index (χ3v) is 2.75. The maximum Gasteiger partial charge on any atom is 0.316 e. The van der Waals surface area contributed by atoms with Crippen LogP contribution in [0.3, 0.4) is 0 Å². The zero-order chi connectivity index (χ0) is 13.7. The minimum absolute atomic E-state index is 0.376. The quantitative estimate of drug-likeness (QED) is 0.883. The smallest absolute Gasteiger partial charge is 0.316 e. The van der Waals surface area contributed by atoms with E-state index in [1.54, 1.807) is 6.07 Å². The Morgan fingerprint density at radius 2 is 1.84 bits per heavy atom. The third-order valence-electron chi connectivity index (χ3n) is 2.75. The highest BCUT2D eigenvalue weighted by atomic mass is 16.5. The number of ether oxygens (including phenoxy) is 1. The minimum Gasteiger partial charge on any atom is -0.489 e. The molecule has 2 aromatic carbocycles. The number of carbonyl (C=O) groups excluding carboxylic acids is 1. The van der Waals surface area contributed by atoms with E-state index in [-0.39, 0.29) is 0 Å². The summed E-state index contributed by atoms with van der Waals surface area (Å²) in [6, 6.07) is 14.6. The number of nitrogens with one attached hydrogen (secondary N) is 1. The molecule has 0 radical (unpaired) electrons. The molecule has 0 aliphatic heterocycles. The number of benzene rings is 2. The van der Waals surface area contributed by atoms with E-state index >= 15 is 0 Å². The fourth-order valence-electron chi connectivity index (χ4n) is 1.77. The first-order valence-corrected chi connectivity index (χ1v) is 5.99. The number of para-hydroxylation sites is 2. The summed E-state index contributed by atoms with van der Waals surface area (Å²) in [6.45, 7) is 2.37. The number of rotatable bonds is 4. The molecule has 0 saturated heterocycles. The van der Waals surface area contributed by atoms with Gasteiger partial charge in [0.15, 0.2) is 0 Å². The van der Waals surface area contributed by atoms with Gasteiger partial charge in [-0.25, -0.2) is 4.79 Å². The van der Waals surface area contributed by atoms with Crippen LogP contribution in [0, 0.1) is 6.92 Å². The lowest BCUT2D eigenvalue weighted by atomic mass is 10.2. The number of carbonyl (C=O) groups is 1. The monoisotopic (exact) mass is 256 g/mol. The second-order valence-corrected chi connectivity index (χ2v) is 4.20. The fourth-order valence-corrected chi connectivity index (χ4v) is 1.77. The topological polar surface area (TPSA) is 64.3 Å². The largest absolute Gasteiger partial charge is 0.489 e. The number of hydrogen-bond acceptors (Lipinski definition) is 2. The molecule has 0 aromatic heterocycles. The van der Waals surface area contributed by atoms with Crippen LogP contribution in [0.1, 0.15) is 11.1 Å². The van der Waals surface area contributed by atoms with Crippen molar-refractivity contribution >= 4 is 11.7 Å². The zero-order valence-electron chi connectivity index (χ0n) is 10.7. The zero-order valence-corrected chi connectivity index (χ0v) is 10.7. The van der Waals surface area contributed by atoms with Crippen molar-refractivity contribution in [2.45, 2.75) is 13.5 Å². The molecular formula is C15H16N2O2. The number of amides is 2. The van der Waals surface area contributed by atoms with Gasteiger partial charge in [0.2, 0.25) is 0 Å². The third kappa shape index (κ3) is 3.48. The summed E-state index contributed by atoms with van der Waals surface area (Å²) in [5.74, 6) is 0.830. The van der Waals surface area contributed by atoms with E-state index in [0.717, 1.165) is 16.9 Å². The van der Waals surface area contributed by atoms with Crippen LogP contribution in [0.5, 0.6) is 5.75 Å². The Hall–Kier alpha value is -2.49. The van der Waals surface area contributed by atoms with Crippen LogP contribution in [0.25, 0.3) is 0 Å². The molecule has 0 aliphatic rings. The average molecular weight is 256 g/mol. The lowest BCUT2D eigenvalue weighted by Crippen LogP contribution is -2.20. The van der Waals surface area contributed by atoms with Gasteiger partial charge in [-0.3, -0.25) is 0 Å². The Bertz CT molecular complexity index is 582. The van der Waals surface area contributed by atoms with Gasteiger partial charge in [-0.05, 0) is 24.6 Å². The fraction of sp³-hybridized carbons (Fsp3) is 0.133. The molecule has 19 heavy (non-hydrogen) atoms. The van der Waals surface area contributed by atoms with E-state index in [1.807, 2.05) is 49.4 Å². The molecule has 0 unspecified atom stereocenters. The molecule has 0 atom stereocenters. The Labute approximate surface area is 112 Å². The summed E-state index contributed by atoms with van der Waals surface area (Å²) in [7, 11) is 0. The second-order valence-electron chi connectivity index (χ2n) is 4.20. The molecule has 3 N–H and O–H groups in total. The molecule has 0 spiro atoms. The summed E-state index contributed by atoms with van der Waals surface area (Å²) in [5, 5.41) is 2.58. The Balaban J connectivity index is 2.11. The van der Waals surface area contributed by atoms with Crippen molar-refractivity contribution in [2.24, 2.45) is 5.73 Å². The van der Waals surface area contributed by atoms with E-state index in [2.05, 4.69) is 5.32 Å². The number of aryl methyl sites for hydroxylation is 1. The van der Waals surface area contributed by atoms with E-state index in [4.69, 9.17) is 10.5 Å². The van der Waals surface area contributed by atoms with Gasteiger partial charge in [0.25, 0.3) is 0 Å². The molecule has 0 heterocycles. The molecule has 0 aliphatic carbocycles. The summed E-state index contributed by atoms with van der Waals surface area (Å²) < 4.78 is 5.75. The number of urea groups is 1. The Morgan fingerprint density at radius 1 is 1.16 bits per heavy atom. The molecule has 4 nitrogen and oxygen atoms in total. The van der Waals surface area contributed by atoms with Crippen molar-refractivity contribution in [1.82, 2.24) is 0 Å². The summed E-state index contributed by atoms with van der Waals surface area (Å²) in [6.07, 6.45) is 0. The molecule has 0 bridgehead atoms. The molecule has 2 aromatic rings. The molecule has 0 saturated carbocycles. The van der Waals surface area contributed by atoms with Gasteiger partial charge in [0.1, 0.15) is 12.4 Å². The van der Waals surface area contributed by atoms with Crippen molar-refractivity contribution in [3.05, 3.63) is 59.7 Å². The highest BCUT2D eigenvalue weighted by Gasteiger charge is 2.05. The normalized spacial score (nSPS) is 9.95. The minimum atomic E-state index is -0.580. The van der Waals surface area contributed by atoms with Crippen LogP contribution in [-0.4, -0.2) is 6.03 Å². The molecule has 2 rings (SSSR count). The first kappa shape index (κ1) is 13.0. The van der Waals surface area contributed by atoms with Crippen molar-refractivity contribution < 1.29 is 9.53 Å². The number of hydrogen-bond donors (Lipinski definition) is 2. The highest BCUT2D eigenvalue weighted by molar-refractivity contribution is 5.88. The van der Waals surface area contributed by atoms with Crippen molar-refractivity contribution in [3.8, 4) is 5.75 Å². The van der Waals surface area contributed by atoms with E-state index in [9.17, 15) is 4.79 Å². The number of primary amides is 1. The van der Waals surface area contributed by atoms with E-state index in [0.29, 0.717) is 12.3 Å². The van der Waals surface area contributed by atoms with Crippen LogP contribution < -0.4 is 15.8 Å². The maximum atomic E-state index is 10.9. The highest BCUT2D eigenvalue weighted by Crippen LogP contribution is 2.21. The molecule has 4 heteroatoms. The van der Waals surface area contributed by atoms with Gasteiger partial charge in [-0.15, -0.1) is 0 Å². The lowest BCUT2D eigenvalue weighted by Gasteiger charge is -2.12. The molecular weight excluding hydrogens is 240 g/mol. The first-order chi connectivity index (χ1) is 9.16. The van der Waals surface area contributed by atoms with Crippen LogP contribution in [0.4, 0.5) is 10.5 Å². The molecule has 2 amide bonds. The first-order valence-electron chi connectivity index (χ1n) is 5.99. The van der Waals surface area contributed by atoms with Crippen molar-refractivity contribution in [1.29, 1.82) is 0 Å². The second kappa shape index (κ2) is 5.91. The lowest BCUT2D eigenvalue weighted by molar-refractivity contribution is 0.259. The Morgan fingerprint density at radius 3 is 2.58 bits per heavy atom. The van der Waals surface area contributed by atoms with E-state index < -0.39 is 6.03 Å².